The molecular formula is C22H27N5O2S. The molecule has 158 valence electrons. The summed E-state index contributed by atoms with van der Waals surface area (Å²) in [4.78, 5) is 16.6. The number of aromatic nitrogens is 4. The molecule has 3 rings (SSSR count). The number of hydrogen-bond acceptors (Lipinski definition) is 6. The maximum absolute atomic E-state index is 12.4. The van der Waals surface area contributed by atoms with Crippen LogP contribution in [0.2, 0.25) is 0 Å². The van der Waals surface area contributed by atoms with Crippen LogP contribution < -0.4 is 10.1 Å². The Kier molecular flexibility index (Phi) is 7.46. The third kappa shape index (κ3) is 5.38. The Labute approximate surface area is 181 Å². The molecule has 8 heteroatoms. The largest absolute Gasteiger partial charge is 0.494 e. The number of thioether (sulfide) groups is 1. The van der Waals surface area contributed by atoms with E-state index in [4.69, 9.17) is 4.74 Å². The van der Waals surface area contributed by atoms with Crippen molar-refractivity contribution in [1.29, 1.82) is 0 Å². The molecule has 1 aromatic carbocycles. The Balaban J connectivity index is 1.88. The molecule has 0 fully saturated rings. The van der Waals surface area contributed by atoms with E-state index in [2.05, 4.69) is 34.3 Å². The van der Waals surface area contributed by atoms with E-state index in [1.165, 1.54) is 11.8 Å². The van der Waals surface area contributed by atoms with E-state index in [1.807, 2.05) is 54.8 Å². The first kappa shape index (κ1) is 21.8. The van der Waals surface area contributed by atoms with E-state index >= 15 is 0 Å². The lowest BCUT2D eigenvalue weighted by atomic mass is 10.1. The average molecular weight is 426 g/mol. The second kappa shape index (κ2) is 10.2. The van der Waals surface area contributed by atoms with Crippen LogP contribution in [-0.2, 0) is 4.79 Å². The highest BCUT2D eigenvalue weighted by molar-refractivity contribution is 7.99. The van der Waals surface area contributed by atoms with Gasteiger partial charge >= 0.3 is 0 Å². The molecule has 0 bridgehead atoms. The lowest BCUT2D eigenvalue weighted by molar-refractivity contribution is -0.119. The van der Waals surface area contributed by atoms with E-state index in [0.717, 1.165) is 17.0 Å². The normalized spacial score (nSPS) is 12.0. The minimum atomic E-state index is -0.0228. The fourth-order valence-electron chi connectivity index (χ4n) is 2.73. The number of carbonyl (C=O) groups is 1. The van der Waals surface area contributed by atoms with Gasteiger partial charge < -0.3 is 10.1 Å². The smallest absolute Gasteiger partial charge is 0.230 e. The van der Waals surface area contributed by atoms with Crippen LogP contribution >= 0.6 is 11.8 Å². The summed E-state index contributed by atoms with van der Waals surface area (Å²) in [6.45, 7) is 8.74. The summed E-state index contributed by atoms with van der Waals surface area (Å²) >= 11 is 1.36. The Bertz CT molecular complexity index is 957. The number of pyridine rings is 1. The maximum atomic E-state index is 12.4. The van der Waals surface area contributed by atoms with E-state index in [1.54, 1.807) is 12.4 Å². The summed E-state index contributed by atoms with van der Waals surface area (Å²) in [5.74, 6) is 2.09. The van der Waals surface area contributed by atoms with Crippen LogP contribution in [0.5, 0.6) is 5.75 Å². The van der Waals surface area contributed by atoms with Gasteiger partial charge in [0.15, 0.2) is 11.0 Å². The van der Waals surface area contributed by atoms with Crippen molar-refractivity contribution in [3.05, 3.63) is 48.8 Å². The van der Waals surface area contributed by atoms with Gasteiger partial charge in [0.25, 0.3) is 0 Å². The summed E-state index contributed by atoms with van der Waals surface area (Å²) in [5.41, 5.74) is 1.74. The maximum Gasteiger partial charge on any atom is 0.230 e. The molecule has 1 N–H and O–H groups in total. The number of benzene rings is 1. The number of carbonyl (C=O) groups excluding carboxylic acids is 1. The van der Waals surface area contributed by atoms with Gasteiger partial charge in [0.1, 0.15) is 5.75 Å². The molecule has 1 atom stereocenters. The van der Waals surface area contributed by atoms with Crippen LogP contribution in [0.15, 0.2) is 53.9 Å². The fourth-order valence-corrected chi connectivity index (χ4v) is 3.49. The number of hydrogen-bond donors (Lipinski definition) is 1. The zero-order valence-electron chi connectivity index (χ0n) is 17.7. The molecule has 3 aromatic rings. The van der Waals surface area contributed by atoms with Crippen molar-refractivity contribution in [3.63, 3.8) is 0 Å². The number of amides is 1. The standard InChI is InChI=1S/C22H27N5O2S/c1-5-29-19-10-8-18(9-11-19)27-21(17-7-6-12-23-13-17)25-26-22(27)30-14-20(28)24-16(4)15(2)3/h6-13,15-16H,5,14H2,1-4H3,(H,24,28). The summed E-state index contributed by atoms with van der Waals surface area (Å²) in [7, 11) is 0. The first-order valence-electron chi connectivity index (χ1n) is 10.0. The number of nitrogens with zero attached hydrogens (tertiary/aromatic N) is 4. The molecule has 30 heavy (non-hydrogen) atoms. The summed E-state index contributed by atoms with van der Waals surface area (Å²) in [6, 6.07) is 11.7. The van der Waals surface area contributed by atoms with Crippen molar-refractivity contribution >= 4 is 17.7 Å². The summed E-state index contributed by atoms with van der Waals surface area (Å²) in [5, 5.41) is 12.4. The lowest BCUT2D eigenvalue weighted by Gasteiger charge is -2.17. The van der Waals surface area contributed by atoms with Crippen molar-refractivity contribution < 1.29 is 9.53 Å². The van der Waals surface area contributed by atoms with E-state index in [9.17, 15) is 4.79 Å². The Morgan fingerprint density at radius 2 is 1.93 bits per heavy atom. The molecule has 0 aliphatic heterocycles. The molecule has 1 amide bonds. The fraction of sp³-hybridized carbons (Fsp3) is 0.364. The predicted molar refractivity (Wildman–Crippen MR) is 119 cm³/mol. The molecule has 2 heterocycles. The van der Waals surface area contributed by atoms with Gasteiger partial charge in [0.2, 0.25) is 5.91 Å². The highest BCUT2D eigenvalue weighted by Crippen LogP contribution is 2.28. The second-order valence-electron chi connectivity index (χ2n) is 7.20. The minimum Gasteiger partial charge on any atom is -0.494 e. The molecule has 0 spiro atoms. The lowest BCUT2D eigenvalue weighted by Crippen LogP contribution is -2.37. The SMILES string of the molecule is CCOc1ccc(-n2c(SCC(=O)NC(C)C(C)C)nnc2-c2cccnc2)cc1. The van der Waals surface area contributed by atoms with Gasteiger partial charge in [0.05, 0.1) is 12.4 Å². The average Bonchev–Trinajstić information content (AvgIpc) is 3.17. The van der Waals surface area contributed by atoms with E-state index < -0.39 is 0 Å². The molecule has 2 aromatic heterocycles. The molecule has 0 aliphatic carbocycles. The Morgan fingerprint density at radius 3 is 2.57 bits per heavy atom. The van der Waals surface area contributed by atoms with Crippen LogP contribution in [0.3, 0.4) is 0 Å². The third-order valence-electron chi connectivity index (χ3n) is 4.68. The van der Waals surface area contributed by atoms with Crippen molar-refractivity contribution in [1.82, 2.24) is 25.1 Å². The van der Waals surface area contributed by atoms with Crippen molar-refractivity contribution in [2.45, 2.75) is 38.9 Å². The first-order chi connectivity index (χ1) is 14.5. The van der Waals surface area contributed by atoms with Crippen LogP contribution in [0.4, 0.5) is 0 Å². The molecule has 0 radical (unpaired) electrons. The predicted octanol–water partition coefficient (Wildman–Crippen LogP) is 3.98. The highest BCUT2D eigenvalue weighted by Gasteiger charge is 2.18. The third-order valence-corrected chi connectivity index (χ3v) is 5.61. The zero-order chi connectivity index (χ0) is 21.5. The van der Waals surface area contributed by atoms with E-state index in [-0.39, 0.29) is 17.7 Å². The first-order valence-corrected chi connectivity index (χ1v) is 11.0. The highest BCUT2D eigenvalue weighted by atomic mass is 32.2. The number of rotatable bonds is 9. The molecule has 0 saturated heterocycles. The van der Waals surface area contributed by atoms with Crippen LogP contribution in [0, 0.1) is 5.92 Å². The van der Waals surface area contributed by atoms with Gasteiger partial charge in [-0.15, -0.1) is 10.2 Å². The topological polar surface area (TPSA) is 81.9 Å². The van der Waals surface area contributed by atoms with Crippen molar-refractivity contribution in [2.24, 2.45) is 5.92 Å². The monoisotopic (exact) mass is 425 g/mol. The molecule has 0 aliphatic rings. The van der Waals surface area contributed by atoms with Gasteiger partial charge in [0, 0.05) is 29.7 Å². The summed E-state index contributed by atoms with van der Waals surface area (Å²) in [6.07, 6.45) is 3.47. The van der Waals surface area contributed by atoms with Crippen LogP contribution in [0.25, 0.3) is 17.1 Å². The van der Waals surface area contributed by atoms with Crippen LogP contribution in [-0.4, -0.2) is 44.1 Å². The molecular weight excluding hydrogens is 398 g/mol. The zero-order valence-corrected chi connectivity index (χ0v) is 18.5. The second-order valence-corrected chi connectivity index (χ2v) is 8.14. The molecule has 0 saturated carbocycles. The van der Waals surface area contributed by atoms with Crippen molar-refractivity contribution in [3.8, 4) is 22.8 Å². The summed E-state index contributed by atoms with van der Waals surface area (Å²) < 4.78 is 7.49. The molecule has 1 unspecified atom stereocenters. The van der Waals surface area contributed by atoms with Gasteiger partial charge in [-0.1, -0.05) is 25.6 Å². The number of nitrogens with one attached hydrogen (secondary N) is 1. The molecule has 7 nitrogen and oxygen atoms in total. The van der Waals surface area contributed by atoms with Gasteiger partial charge in [-0.2, -0.15) is 0 Å². The van der Waals surface area contributed by atoms with Crippen molar-refractivity contribution in [2.75, 3.05) is 12.4 Å². The Hall–Kier alpha value is -2.87. The number of ether oxygens (including phenoxy) is 1. The minimum absolute atomic E-state index is 0.0228. The van der Waals surface area contributed by atoms with Gasteiger partial charge in [-0.05, 0) is 56.2 Å². The van der Waals surface area contributed by atoms with Gasteiger partial charge in [-0.3, -0.25) is 14.3 Å². The van der Waals surface area contributed by atoms with Gasteiger partial charge in [-0.25, -0.2) is 0 Å². The van der Waals surface area contributed by atoms with E-state index in [0.29, 0.717) is 23.5 Å². The Morgan fingerprint density at radius 1 is 1.17 bits per heavy atom. The van der Waals surface area contributed by atoms with Crippen LogP contribution in [0.1, 0.15) is 27.7 Å². The quantitative estimate of drug-likeness (QED) is 0.522.